The Labute approximate surface area is 105 Å². The molecule has 5 nitrogen and oxygen atoms in total. The summed E-state index contributed by atoms with van der Waals surface area (Å²) in [6.45, 7) is 2.67. The van der Waals surface area contributed by atoms with Gasteiger partial charge in [-0.3, -0.25) is 14.6 Å². The van der Waals surface area contributed by atoms with Crippen molar-refractivity contribution < 1.29 is 14.7 Å². The first kappa shape index (κ1) is 12.5. The van der Waals surface area contributed by atoms with Gasteiger partial charge in [0.1, 0.15) is 0 Å². The molecule has 0 spiro atoms. The second-order valence-corrected chi connectivity index (χ2v) is 4.72. The molecular weight excluding hydrogens is 232 g/mol. The number of hydrogen-bond acceptors (Lipinski definition) is 3. The van der Waals surface area contributed by atoms with Crippen molar-refractivity contribution in [1.82, 2.24) is 9.88 Å². The van der Waals surface area contributed by atoms with Gasteiger partial charge in [-0.1, -0.05) is 6.07 Å². The summed E-state index contributed by atoms with van der Waals surface area (Å²) < 4.78 is 0. The van der Waals surface area contributed by atoms with Crippen molar-refractivity contribution >= 4 is 11.9 Å². The number of aliphatic carboxylic acids is 1. The highest BCUT2D eigenvalue weighted by molar-refractivity contribution is 5.80. The van der Waals surface area contributed by atoms with Gasteiger partial charge in [0.25, 0.3) is 0 Å². The van der Waals surface area contributed by atoms with Gasteiger partial charge in [0.05, 0.1) is 5.92 Å². The molecule has 1 aliphatic heterocycles. The van der Waals surface area contributed by atoms with E-state index in [2.05, 4.69) is 4.98 Å². The minimum atomic E-state index is -0.824. The number of hydrogen-bond donors (Lipinski definition) is 1. The molecular formula is C13H16N2O3. The first-order chi connectivity index (χ1) is 8.56. The van der Waals surface area contributed by atoms with Crippen LogP contribution in [0.5, 0.6) is 0 Å². The molecule has 5 heteroatoms. The number of nitrogens with zero attached hydrogens (tertiary/aromatic N) is 2. The van der Waals surface area contributed by atoms with Gasteiger partial charge >= 0.3 is 5.97 Å². The summed E-state index contributed by atoms with van der Waals surface area (Å²) in [7, 11) is 0. The van der Waals surface area contributed by atoms with Gasteiger partial charge in [-0.05, 0) is 24.5 Å². The van der Waals surface area contributed by atoms with Crippen molar-refractivity contribution in [3.63, 3.8) is 0 Å². The summed E-state index contributed by atoms with van der Waals surface area (Å²) in [5.41, 5.74) is 1.97. The second kappa shape index (κ2) is 5.16. The average molecular weight is 248 g/mol. The fourth-order valence-electron chi connectivity index (χ4n) is 2.19. The Kier molecular flexibility index (Phi) is 3.60. The molecule has 1 amide bonds. The standard InChI is InChI=1S/C13H16N2O3/c1-9-4-10(6-14-5-9)7-15-8-11(13(17)18)2-3-12(15)16/h4-6,11H,2-3,7-8H2,1H3,(H,17,18). The van der Waals surface area contributed by atoms with E-state index in [1.807, 2.05) is 13.0 Å². The molecule has 1 atom stereocenters. The van der Waals surface area contributed by atoms with E-state index >= 15 is 0 Å². The number of piperidine rings is 1. The average Bonchev–Trinajstić information content (AvgIpc) is 2.31. The molecule has 0 saturated carbocycles. The van der Waals surface area contributed by atoms with Crippen LogP contribution in [-0.2, 0) is 16.1 Å². The molecule has 0 aromatic carbocycles. The number of amides is 1. The van der Waals surface area contributed by atoms with E-state index in [1.165, 1.54) is 0 Å². The zero-order valence-corrected chi connectivity index (χ0v) is 10.3. The van der Waals surface area contributed by atoms with Gasteiger partial charge in [0, 0.05) is 31.9 Å². The highest BCUT2D eigenvalue weighted by Crippen LogP contribution is 2.19. The number of likely N-dealkylation sites (tertiary alicyclic amines) is 1. The molecule has 1 unspecified atom stereocenters. The van der Waals surface area contributed by atoms with Crippen molar-refractivity contribution in [1.29, 1.82) is 0 Å². The van der Waals surface area contributed by atoms with Crippen LogP contribution in [0.1, 0.15) is 24.0 Å². The Morgan fingerprint density at radius 3 is 3.00 bits per heavy atom. The van der Waals surface area contributed by atoms with E-state index < -0.39 is 11.9 Å². The summed E-state index contributed by atoms with van der Waals surface area (Å²) in [5.74, 6) is -1.25. The van der Waals surface area contributed by atoms with Crippen LogP contribution in [0.25, 0.3) is 0 Å². The zero-order valence-electron chi connectivity index (χ0n) is 10.3. The Morgan fingerprint density at radius 1 is 1.56 bits per heavy atom. The molecule has 1 saturated heterocycles. The number of rotatable bonds is 3. The predicted molar refractivity (Wildman–Crippen MR) is 64.8 cm³/mol. The van der Waals surface area contributed by atoms with Crippen LogP contribution in [0, 0.1) is 12.8 Å². The normalized spacial score (nSPS) is 19.9. The van der Waals surface area contributed by atoms with Crippen LogP contribution >= 0.6 is 0 Å². The third-order valence-corrected chi connectivity index (χ3v) is 3.15. The Morgan fingerprint density at radius 2 is 2.33 bits per heavy atom. The second-order valence-electron chi connectivity index (χ2n) is 4.72. The maximum absolute atomic E-state index is 11.8. The number of aromatic nitrogens is 1. The molecule has 0 aliphatic carbocycles. The Bertz CT molecular complexity index is 473. The van der Waals surface area contributed by atoms with Crippen molar-refractivity contribution in [2.24, 2.45) is 5.92 Å². The zero-order chi connectivity index (χ0) is 13.1. The fourth-order valence-corrected chi connectivity index (χ4v) is 2.19. The topological polar surface area (TPSA) is 70.5 Å². The molecule has 96 valence electrons. The first-order valence-electron chi connectivity index (χ1n) is 5.97. The molecule has 18 heavy (non-hydrogen) atoms. The van der Waals surface area contributed by atoms with Gasteiger partial charge in [-0.2, -0.15) is 0 Å². The highest BCUT2D eigenvalue weighted by atomic mass is 16.4. The monoisotopic (exact) mass is 248 g/mol. The van der Waals surface area contributed by atoms with E-state index in [4.69, 9.17) is 5.11 Å². The van der Waals surface area contributed by atoms with Crippen molar-refractivity contribution in [3.8, 4) is 0 Å². The summed E-state index contributed by atoms with van der Waals surface area (Å²) >= 11 is 0. The van der Waals surface area contributed by atoms with E-state index in [-0.39, 0.29) is 5.91 Å². The third kappa shape index (κ3) is 2.85. The smallest absolute Gasteiger partial charge is 0.308 e. The summed E-state index contributed by atoms with van der Waals surface area (Å²) in [6, 6.07) is 1.96. The SMILES string of the molecule is Cc1cncc(CN2CC(C(=O)O)CCC2=O)c1. The lowest BCUT2D eigenvalue weighted by atomic mass is 9.97. The lowest BCUT2D eigenvalue weighted by molar-refractivity contribution is -0.147. The molecule has 0 radical (unpaired) electrons. The van der Waals surface area contributed by atoms with Crippen molar-refractivity contribution in [2.45, 2.75) is 26.3 Å². The van der Waals surface area contributed by atoms with Gasteiger partial charge in [-0.15, -0.1) is 0 Å². The summed E-state index contributed by atoms with van der Waals surface area (Å²) in [6.07, 6.45) is 4.22. The number of carbonyl (C=O) groups excluding carboxylic acids is 1. The molecule has 1 N–H and O–H groups in total. The Hall–Kier alpha value is -1.91. The largest absolute Gasteiger partial charge is 0.481 e. The van der Waals surface area contributed by atoms with Crippen LogP contribution in [0.2, 0.25) is 0 Å². The summed E-state index contributed by atoms with van der Waals surface area (Å²) in [5, 5.41) is 9.00. The maximum atomic E-state index is 11.8. The number of pyridine rings is 1. The lowest BCUT2D eigenvalue weighted by Gasteiger charge is -2.30. The molecule has 1 aliphatic rings. The van der Waals surface area contributed by atoms with Crippen LogP contribution in [0.4, 0.5) is 0 Å². The minimum Gasteiger partial charge on any atom is -0.481 e. The number of carboxylic acid groups (broad SMARTS) is 1. The minimum absolute atomic E-state index is 0.0222. The number of carboxylic acids is 1. The maximum Gasteiger partial charge on any atom is 0.308 e. The molecule has 0 bridgehead atoms. The number of carbonyl (C=O) groups is 2. The van der Waals surface area contributed by atoms with E-state index in [0.29, 0.717) is 25.9 Å². The molecule has 1 aromatic heterocycles. The van der Waals surface area contributed by atoms with E-state index in [0.717, 1.165) is 11.1 Å². The number of aryl methyl sites for hydroxylation is 1. The van der Waals surface area contributed by atoms with Gasteiger partial charge < -0.3 is 10.0 Å². The van der Waals surface area contributed by atoms with Gasteiger partial charge in [0.15, 0.2) is 0 Å². The quantitative estimate of drug-likeness (QED) is 0.873. The van der Waals surface area contributed by atoms with Crippen LogP contribution < -0.4 is 0 Å². The predicted octanol–water partition coefficient (Wildman–Crippen LogP) is 1.21. The van der Waals surface area contributed by atoms with Gasteiger partial charge in [-0.25, -0.2) is 0 Å². The molecule has 1 fully saturated rings. The lowest BCUT2D eigenvalue weighted by Crippen LogP contribution is -2.42. The molecule has 2 heterocycles. The summed E-state index contributed by atoms with van der Waals surface area (Å²) in [4.78, 5) is 28.4. The van der Waals surface area contributed by atoms with E-state index in [9.17, 15) is 9.59 Å². The van der Waals surface area contributed by atoms with Gasteiger partial charge in [0.2, 0.25) is 5.91 Å². The third-order valence-electron chi connectivity index (χ3n) is 3.15. The van der Waals surface area contributed by atoms with Crippen LogP contribution in [0.3, 0.4) is 0 Å². The van der Waals surface area contributed by atoms with Crippen LogP contribution in [0.15, 0.2) is 18.5 Å². The fraction of sp³-hybridized carbons (Fsp3) is 0.462. The first-order valence-corrected chi connectivity index (χ1v) is 5.97. The molecule has 2 rings (SSSR count). The Balaban J connectivity index is 2.07. The van der Waals surface area contributed by atoms with Crippen molar-refractivity contribution in [3.05, 3.63) is 29.6 Å². The molecule has 1 aromatic rings. The van der Waals surface area contributed by atoms with Crippen molar-refractivity contribution in [2.75, 3.05) is 6.54 Å². The highest BCUT2D eigenvalue weighted by Gasteiger charge is 2.29. The van der Waals surface area contributed by atoms with Crippen LogP contribution in [-0.4, -0.2) is 33.4 Å². The van der Waals surface area contributed by atoms with E-state index in [1.54, 1.807) is 17.3 Å².